The summed E-state index contributed by atoms with van der Waals surface area (Å²) in [6.07, 6.45) is 0. The molecule has 2 aromatic carbocycles. The van der Waals surface area contributed by atoms with Gasteiger partial charge in [0.15, 0.2) is 15.8 Å². The van der Waals surface area contributed by atoms with Crippen molar-refractivity contribution >= 4 is 39.8 Å². The lowest BCUT2D eigenvalue weighted by Crippen LogP contribution is -2.39. The highest BCUT2D eigenvalue weighted by molar-refractivity contribution is 14.0. The Bertz CT molecular complexity index is 907. The number of rotatable bonds is 9. The number of sulfone groups is 1. The molecule has 160 valence electrons. The van der Waals surface area contributed by atoms with Gasteiger partial charge in [0.2, 0.25) is 0 Å². The number of benzene rings is 2. The van der Waals surface area contributed by atoms with E-state index in [2.05, 4.69) is 15.6 Å². The number of guanidine groups is 1. The van der Waals surface area contributed by atoms with E-state index in [1.165, 1.54) is 18.2 Å². The molecule has 2 aromatic rings. The molecular weight excluding hydrogens is 508 g/mol. The average molecular weight is 535 g/mol. The van der Waals surface area contributed by atoms with Gasteiger partial charge in [-0.05, 0) is 32.0 Å². The number of ether oxygens (including phenoxy) is 1. The third-order valence-corrected chi connectivity index (χ3v) is 5.60. The van der Waals surface area contributed by atoms with E-state index in [4.69, 9.17) is 4.74 Å². The highest BCUT2D eigenvalue weighted by Crippen LogP contribution is 2.18. The number of para-hydroxylation sites is 1. The van der Waals surface area contributed by atoms with Crippen molar-refractivity contribution in [2.45, 2.75) is 25.3 Å². The fraction of sp³-hybridized carbons (Fsp3) is 0.350. The van der Waals surface area contributed by atoms with E-state index >= 15 is 0 Å². The van der Waals surface area contributed by atoms with Crippen LogP contribution in [0.5, 0.6) is 5.75 Å². The zero-order chi connectivity index (χ0) is 20.4. The first-order valence-corrected chi connectivity index (χ1v) is 10.8. The van der Waals surface area contributed by atoms with Gasteiger partial charge in [-0.3, -0.25) is 0 Å². The first-order valence-electron chi connectivity index (χ1n) is 9.18. The van der Waals surface area contributed by atoms with Gasteiger partial charge in [-0.15, -0.1) is 24.0 Å². The molecule has 0 heterocycles. The Morgan fingerprint density at radius 1 is 1.07 bits per heavy atom. The van der Waals surface area contributed by atoms with Crippen molar-refractivity contribution in [3.63, 3.8) is 0 Å². The lowest BCUT2D eigenvalue weighted by molar-refractivity contribution is 0.336. The molecular formula is C20H27FIN3O3S. The average Bonchev–Trinajstić information content (AvgIpc) is 2.67. The second-order valence-electron chi connectivity index (χ2n) is 5.91. The van der Waals surface area contributed by atoms with Gasteiger partial charge in [0.05, 0.1) is 18.9 Å². The Balaban J connectivity index is 0.00000420. The van der Waals surface area contributed by atoms with Gasteiger partial charge < -0.3 is 15.4 Å². The Morgan fingerprint density at radius 2 is 1.76 bits per heavy atom. The van der Waals surface area contributed by atoms with Crippen LogP contribution in [0.25, 0.3) is 0 Å². The van der Waals surface area contributed by atoms with Crippen LogP contribution in [0.2, 0.25) is 0 Å². The van der Waals surface area contributed by atoms with Crippen LogP contribution in [0.15, 0.2) is 58.4 Å². The van der Waals surface area contributed by atoms with Crippen LogP contribution in [0.4, 0.5) is 4.39 Å². The zero-order valence-corrected chi connectivity index (χ0v) is 19.7. The van der Waals surface area contributed by atoms with Gasteiger partial charge in [-0.25, -0.2) is 17.8 Å². The fourth-order valence-corrected chi connectivity index (χ4v) is 3.79. The molecule has 0 atom stereocenters. The van der Waals surface area contributed by atoms with Crippen molar-refractivity contribution in [1.29, 1.82) is 0 Å². The number of aliphatic imine (C=N–C) groups is 1. The SMILES string of the molecule is CCNC(=NCc1ccccc1OCC)NCCS(=O)(=O)c1ccccc1F.I. The Hall–Kier alpha value is -1.88. The molecule has 0 saturated carbocycles. The lowest BCUT2D eigenvalue weighted by Gasteiger charge is -2.13. The van der Waals surface area contributed by atoms with E-state index in [0.29, 0.717) is 25.7 Å². The first-order chi connectivity index (χ1) is 13.5. The highest BCUT2D eigenvalue weighted by atomic mass is 127. The maximum Gasteiger partial charge on any atom is 0.191 e. The summed E-state index contributed by atoms with van der Waals surface area (Å²) in [5.41, 5.74) is 0.931. The second-order valence-corrected chi connectivity index (χ2v) is 7.99. The van der Waals surface area contributed by atoms with Gasteiger partial charge in [0.25, 0.3) is 0 Å². The smallest absolute Gasteiger partial charge is 0.191 e. The molecule has 0 aliphatic carbocycles. The van der Waals surface area contributed by atoms with Crippen LogP contribution in [0.3, 0.4) is 0 Å². The van der Waals surface area contributed by atoms with Gasteiger partial charge >= 0.3 is 0 Å². The summed E-state index contributed by atoms with van der Waals surface area (Å²) in [5.74, 6) is 0.272. The number of nitrogens with one attached hydrogen (secondary N) is 2. The van der Waals surface area contributed by atoms with Gasteiger partial charge in [0, 0.05) is 18.7 Å². The monoisotopic (exact) mass is 535 g/mol. The fourth-order valence-electron chi connectivity index (χ4n) is 2.55. The summed E-state index contributed by atoms with van der Waals surface area (Å²) in [7, 11) is -3.72. The van der Waals surface area contributed by atoms with Crippen LogP contribution >= 0.6 is 24.0 Å². The molecule has 2 N–H and O–H groups in total. The van der Waals surface area contributed by atoms with Crippen molar-refractivity contribution in [2.24, 2.45) is 4.99 Å². The van der Waals surface area contributed by atoms with E-state index < -0.39 is 15.7 Å². The van der Waals surface area contributed by atoms with Crippen LogP contribution in [-0.4, -0.2) is 39.8 Å². The molecule has 0 spiro atoms. The van der Waals surface area contributed by atoms with Crippen molar-refractivity contribution in [2.75, 3.05) is 25.4 Å². The molecule has 0 amide bonds. The van der Waals surface area contributed by atoms with Crippen LogP contribution < -0.4 is 15.4 Å². The van der Waals surface area contributed by atoms with E-state index in [9.17, 15) is 12.8 Å². The Morgan fingerprint density at radius 3 is 2.45 bits per heavy atom. The van der Waals surface area contributed by atoms with Crippen LogP contribution in [0, 0.1) is 5.82 Å². The van der Waals surface area contributed by atoms with E-state index in [0.717, 1.165) is 17.4 Å². The van der Waals surface area contributed by atoms with Crippen LogP contribution in [0.1, 0.15) is 19.4 Å². The summed E-state index contributed by atoms with van der Waals surface area (Å²) in [5, 5.41) is 6.06. The minimum atomic E-state index is -3.72. The molecule has 0 unspecified atom stereocenters. The topological polar surface area (TPSA) is 79.8 Å². The molecule has 6 nitrogen and oxygen atoms in total. The van der Waals surface area contributed by atoms with Gasteiger partial charge in [0.1, 0.15) is 16.5 Å². The number of halogens is 2. The maximum absolute atomic E-state index is 13.8. The molecule has 0 saturated heterocycles. The van der Waals surface area contributed by atoms with Crippen molar-refractivity contribution in [3.05, 3.63) is 59.9 Å². The highest BCUT2D eigenvalue weighted by Gasteiger charge is 2.18. The minimum Gasteiger partial charge on any atom is -0.494 e. The molecule has 0 radical (unpaired) electrons. The normalized spacial score (nSPS) is 11.5. The number of hydrogen-bond acceptors (Lipinski definition) is 4. The molecule has 9 heteroatoms. The lowest BCUT2D eigenvalue weighted by atomic mass is 10.2. The molecule has 0 aliphatic heterocycles. The Kier molecular flexibility index (Phi) is 11.0. The van der Waals surface area contributed by atoms with Gasteiger partial charge in [-0.2, -0.15) is 0 Å². The summed E-state index contributed by atoms with van der Waals surface area (Å²) < 4.78 is 44.0. The first kappa shape index (κ1) is 25.2. The maximum atomic E-state index is 13.8. The third kappa shape index (κ3) is 7.81. The van der Waals surface area contributed by atoms with Gasteiger partial charge in [-0.1, -0.05) is 30.3 Å². The van der Waals surface area contributed by atoms with E-state index in [1.54, 1.807) is 0 Å². The Labute approximate surface area is 188 Å². The van der Waals surface area contributed by atoms with E-state index in [-0.39, 0.29) is 41.2 Å². The van der Waals surface area contributed by atoms with Crippen LogP contribution in [-0.2, 0) is 16.4 Å². The molecule has 29 heavy (non-hydrogen) atoms. The minimum absolute atomic E-state index is 0. The largest absolute Gasteiger partial charge is 0.494 e. The van der Waals surface area contributed by atoms with Crippen molar-refractivity contribution < 1.29 is 17.5 Å². The molecule has 0 aromatic heterocycles. The predicted octanol–water partition coefficient (Wildman–Crippen LogP) is 3.37. The van der Waals surface area contributed by atoms with Crippen molar-refractivity contribution in [3.8, 4) is 5.75 Å². The summed E-state index contributed by atoms with van der Waals surface area (Å²) in [4.78, 5) is 4.19. The summed E-state index contributed by atoms with van der Waals surface area (Å²) in [6, 6.07) is 13.0. The molecule has 0 bridgehead atoms. The number of nitrogens with zero attached hydrogens (tertiary/aromatic N) is 1. The van der Waals surface area contributed by atoms with Crippen molar-refractivity contribution in [1.82, 2.24) is 10.6 Å². The predicted molar refractivity (Wildman–Crippen MR) is 124 cm³/mol. The molecule has 2 rings (SSSR count). The summed E-state index contributed by atoms with van der Waals surface area (Å²) in [6.45, 7) is 5.51. The quantitative estimate of drug-likeness (QED) is 0.293. The standard InChI is InChI=1S/C20H26FN3O3S.HI/c1-3-22-20(24-15-16-9-5-7-11-18(16)27-4-2)23-13-14-28(25,26)19-12-8-6-10-17(19)21;/h5-12H,3-4,13-15H2,1-2H3,(H2,22,23,24);1H. The summed E-state index contributed by atoms with van der Waals surface area (Å²) >= 11 is 0. The number of hydrogen-bond donors (Lipinski definition) is 2. The van der Waals surface area contributed by atoms with E-state index in [1.807, 2.05) is 38.1 Å². The molecule has 0 aliphatic rings. The third-order valence-electron chi connectivity index (χ3n) is 3.86. The molecule has 0 fully saturated rings. The second kappa shape index (κ2) is 12.6. The zero-order valence-electron chi connectivity index (χ0n) is 16.5.